The Hall–Kier alpha value is -4.98. The van der Waals surface area contributed by atoms with E-state index in [4.69, 9.17) is 4.74 Å². The van der Waals surface area contributed by atoms with Gasteiger partial charge in [0.05, 0.1) is 16.8 Å². The van der Waals surface area contributed by atoms with E-state index in [9.17, 15) is 9.59 Å². The molecule has 0 aliphatic carbocycles. The van der Waals surface area contributed by atoms with Crippen molar-refractivity contribution in [1.29, 1.82) is 0 Å². The summed E-state index contributed by atoms with van der Waals surface area (Å²) >= 11 is 0. The summed E-state index contributed by atoms with van der Waals surface area (Å²) in [5.74, 6) is 0. The molecule has 1 fully saturated rings. The summed E-state index contributed by atoms with van der Waals surface area (Å²) in [6.07, 6.45) is 5.16. The lowest BCUT2D eigenvalue weighted by Gasteiger charge is -2.26. The second-order valence-corrected chi connectivity index (χ2v) is 15.3. The maximum atomic E-state index is 13.8. The van der Waals surface area contributed by atoms with Gasteiger partial charge >= 0.3 is 6.09 Å². The molecule has 4 aromatic carbocycles. The number of likely N-dealkylation sites (tertiary alicyclic amines) is 1. The van der Waals surface area contributed by atoms with Crippen LogP contribution in [0.25, 0.3) is 33.1 Å². The molecule has 2 aromatic heterocycles. The lowest BCUT2D eigenvalue weighted by atomic mass is 10.0. The Kier molecular flexibility index (Phi) is 10.7. The predicted octanol–water partition coefficient (Wildman–Crippen LogP) is 9.55. The standard InChI is InChI=1S/C45H50N4O3/c1-45(2,3)52-44(51)49-41-22-20-36(32-47-23-11-6-12-24-47)27-38(41)29-42(49)39-28-37-26-33(19-21-40(37)46-43(39)50)18-13-25-48(30-34-14-7-4-8-15-34)31-35-16-9-5-10-17-35/h4-5,7-10,14-17,19-22,26-29H,6,11-13,18,23-25,30-32H2,1-3H3,(H,46,50). The maximum Gasteiger partial charge on any atom is 0.419 e. The van der Waals surface area contributed by atoms with Crippen LogP contribution in [0.5, 0.6) is 0 Å². The number of aryl methyl sites for hydroxylation is 1. The van der Waals surface area contributed by atoms with Gasteiger partial charge in [0.15, 0.2) is 0 Å². The van der Waals surface area contributed by atoms with Gasteiger partial charge in [-0.2, -0.15) is 0 Å². The number of H-pyrrole nitrogens is 1. The van der Waals surface area contributed by atoms with Gasteiger partial charge in [-0.1, -0.05) is 79.2 Å². The number of carbonyl (C=O) groups excluding carboxylic acids is 1. The molecule has 1 aliphatic rings. The number of benzene rings is 4. The molecule has 0 spiro atoms. The van der Waals surface area contributed by atoms with Crippen LogP contribution < -0.4 is 5.56 Å². The number of ether oxygens (including phenoxy) is 1. The van der Waals surface area contributed by atoms with E-state index in [-0.39, 0.29) is 5.56 Å². The van der Waals surface area contributed by atoms with E-state index in [0.29, 0.717) is 11.3 Å². The molecule has 52 heavy (non-hydrogen) atoms. The van der Waals surface area contributed by atoms with Crippen LogP contribution in [0, 0.1) is 0 Å². The molecule has 0 bridgehead atoms. The highest BCUT2D eigenvalue weighted by Gasteiger charge is 2.25. The summed E-state index contributed by atoms with van der Waals surface area (Å²) in [4.78, 5) is 35.6. The average molecular weight is 695 g/mol. The lowest BCUT2D eigenvalue weighted by Crippen LogP contribution is -2.29. The van der Waals surface area contributed by atoms with Gasteiger partial charge in [-0.15, -0.1) is 0 Å². The van der Waals surface area contributed by atoms with Gasteiger partial charge in [-0.05, 0) is 130 Å². The topological polar surface area (TPSA) is 70.6 Å². The van der Waals surface area contributed by atoms with Crippen molar-refractivity contribution in [3.8, 4) is 11.3 Å². The van der Waals surface area contributed by atoms with Gasteiger partial charge < -0.3 is 9.72 Å². The van der Waals surface area contributed by atoms with Crippen molar-refractivity contribution in [3.05, 3.63) is 142 Å². The van der Waals surface area contributed by atoms with E-state index >= 15 is 0 Å². The molecule has 1 aliphatic heterocycles. The molecule has 0 unspecified atom stereocenters. The van der Waals surface area contributed by atoms with Gasteiger partial charge in [-0.25, -0.2) is 9.36 Å². The zero-order valence-electron chi connectivity index (χ0n) is 30.7. The number of rotatable bonds is 11. The minimum absolute atomic E-state index is 0.237. The number of aromatic amines is 1. The van der Waals surface area contributed by atoms with Crippen LogP contribution in [0.15, 0.2) is 114 Å². The molecule has 1 N–H and O–H groups in total. The van der Waals surface area contributed by atoms with Crippen molar-refractivity contribution >= 4 is 27.9 Å². The first kappa shape index (κ1) is 35.4. The van der Waals surface area contributed by atoms with Gasteiger partial charge in [0.1, 0.15) is 5.60 Å². The number of fused-ring (bicyclic) bond motifs is 2. The van der Waals surface area contributed by atoms with Crippen LogP contribution in [0.2, 0.25) is 0 Å². The summed E-state index contributed by atoms with van der Waals surface area (Å²) in [7, 11) is 0. The van der Waals surface area contributed by atoms with E-state index in [1.165, 1.54) is 41.5 Å². The Morgan fingerprint density at radius 2 is 1.40 bits per heavy atom. The molecule has 6 aromatic rings. The number of nitrogens with one attached hydrogen (secondary N) is 1. The van der Waals surface area contributed by atoms with Gasteiger partial charge in [0, 0.05) is 30.5 Å². The number of carbonyl (C=O) groups is 1. The second-order valence-electron chi connectivity index (χ2n) is 15.3. The highest BCUT2D eigenvalue weighted by atomic mass is 16.6. The van der Waals surface area contributed by atoms with E-state index in [0.717, 1.165) is 73.9 Å². The zero-order valence-corrected chi connectivity index (χ0v) is 30.7. The van der Waals surface area contributed by atoms with Gasteiger partial charge in [0.25, 0.3) is 5.56 Å². The van der Waals surface area contributed by atoms with E-state index < -0.39 is 11.7 Å². The minimum Gasteiger partial charge on any atom is -0.443 e. The molecule has 0 atom stereocenters. The SMILES string of the molecule is CC(C)(C)OC(=O)n1c(-c2cc3cc(CCCN(Cc4ccccc4)Cc4ccccc4)ccc3[nH]c2=O)cc2cc(CN3CCCCC3)ccc21. The summed E-state index contributed by atoms with van der Waals surface area (Å²) in [6, 6.07) is 37.7. The smallest absolute Gasteiger partial charge is 0.419 e. The molecule has 7 rings (SSSR count). The molecule has 7 heteroatoms. The molecular formula is C45H50N4O3. The Balaban J connectivity index is 1.16. The quantitative estimate of drug-likeness (QED) is 0.146. The van der Waals surface area contributed by atoms with Crippen molar-refractivity contribution in [2.45, 2.75) is 78.1 Å². The molecule has 7 nitrogen and oxygen atoms in total. The third-order valence-electron chi connectivity index (χ3n) is 9.92. The Morgan fingerprint density at radius 1 is 0.750 bits per heavy atom. The first-order valence-electron chi connectivity index (χ1n) is 18.8. The summed E-state index contributed by atoms with van der Waals surface area (Å²) in [6.45, 7) is 11.4. The second kappa shape index (κ2) is 15.7. The Labute approximate surface area is 306 Å². The van der Waals surface area contributed by atoms with Crippen molar-refractivity contribution in [2.24, 2.45) is 0 Å². The third-order valence-corrected chi connectivity index (χ3v) is 9.92. The minimum atomic E-state index is -0.693. The van der Waals surface area contributed by atoms with Crippen LogP contribution in [-0.2, 0) is 30.8 Å². The van der Waals surface area contributed by atoms with Crippen molar-refractivity contribution in [2.75, 3.05) is 19.6 Å². The highest BCUT2D eigenvalue weighted by Crippen LogP contribution is 2.31. The number of aromatic nitrogens is 2. The van der Waals surface area contributed by atoms with Crippen LogP contribution in [0.4, 0.5) is 4.79 Å². The van der Waals surface area contributed by atoms with E-state index in [1.54, 1.807) is 4.57 Å². The molecule has 1 saturated heterocycles. The fraction of sp³-hybridized carbons (Fsp3) is 0.333. The van der Waals surface area contributed by atoms with Crippen molar-refractivity contribution in [1.82, 2.24) is 19.4 Å². The molecule has 268 valence electrons. The summed E-state index contributed by atoms with van der Waals surface area (Å²) in [5.41, 5.74) is 6.58. The monoisotopic (exact) mass is 694 g/mol. The highest BCUT2D eigenvalue weighted by molar-refractivity contribution is 5.97. The number of nitrogens with zero attached hydrogens (tertiary/aromatic N) is 3. The fourth-order valence-corrected chi connectivity index (χ4v) is 7.45. The maximum absolute atomic E-state index is 13.8. The van der Waals surface area contributed by atoms with Gasteiger partial charge in [-0.3, -0.25) is 14.6 Å². The summed E-state index contributed by atoms with van der Waals surface area (Å²) < 4.78 is 7.46. The van der Waals surface area contributed by atoms with E-state index in [2.05, 4.69) is 99.7 Å². The number of hydrogen-bond donors (Lipinski definition) is 1. The number of pyridine rings is 1. The third kappa shape index (κ3) is 8.72. The lowest BCUT2D eigenvalue weighted by molar-refractivity contribution is 0.0547. The first-order valence-corrected chi connectivity index (χ1v) is 18.8. The van der Waals surface area contributed by atoms with E-state index in [1.807, 2.05) is 45.0 Å². The number of piperidine rings is 1. The Bertz CT molecular complexity index is 2150. The van der Waals surface area contributed by atoms with Crippen molar-refractivity contribution < 1.29 is 9.53 Å². The van der Waals surface area contributed by atoms with Gasteiger partial charge in [0.2, 0.25) is 0 Å². The average Bonchev–Trinajstić information content (AvgIpc) is 3.51. The summed E-state index contributed by atoms with van der Waals surface area (Å²) in [5, 5.41) is 1.85. The van der Waals surface area contributed by atoms with Crippen LogP contribution in [-0.4, -0.2) is 50.7 Å². The molecule has 0 radical (unpaired) electrons. The first-order chi connectivity index (χ1) is 25.2. The molecular weight excluding hydrogens is 645 g/mol. The molecule has 3 heterocycles. The largest absolute Gasteiger partial charge is 0.443 e. The zero-order chi connectivity index (χ0) is 36.1. The molecule has 0 saturated carbocycles. The normalized spacial score (nSPS) is 14.0. The van der Waals surface area contributed by atoms with Crippen molar-refractivity contribution in [3.63, 3.8) is 0 Å². The van der Waals surface area contributed by atoms with Crippen LogP contribution in [0.1, 0.15) is 68.7 Å². The van der Waals surface area contributed by atoms with Crippen LogP contribution >= 0.6 is 0 Å². The fourth-order valence-electron chi connectivity index (χ4n) is 7.45. The number of hydrogen-bond acceptors (Lipinski definition) is 5. The predicted molar refractivity (Wildman–Crippen MR) is 212 cm³/mol. The Morgan fingerprint density at radius 3 is 2.08 bits per heavy atom. The molecule has 0 amide bonds. The van der Waals surface area contributed by atoms with Crippen LogP contribution in [0.3, 0.4) is 0 Å².